The third-order valence-electron chi connectivity index (χ3n) is 3.05. The van der Waals surface area contributed by atoms with Crippen molar-refractivity contribution >= 4 is 11.9 Å². The molecule has 1 fully saturated rings. The van der Waals surface area contributed by atoms with Crippen molar-refractivity contribution in [3.63, 3.8) is 0 Å². The Hall–Kier alpha value is -1.06. The molecule has 0 aliphatic heterocycles. The fourth-order valence-corrected chi connectivity index (χ4v) is 1.81. The number of likely N-dealkylation sites (N-methyl/N-ethyl adjacent to an activating group) is 1. The van der Waals surface area contributed by atoms with E-state index in [9.17, 15) is 9.59 Å². The Balaban J connectivity index is 2.25. The summed E-state index contributed by atoms with van der Waals surface area (Å²) in [6, 6.07) is 0. The van der Waals surface area contributed by atoms with E-state index >= 15 is 0 Å². The molecule has 1 N–H and O–H groups in total. The molecule has 0 spiro atoms. The Kier molecular flexibility index (Phi) is 4.59. The molecule has 4 nitrogen and oxygen atoms in total. The van der Waals surface area contributed by atoms with Gasteiger partial charge in [-0.15, -0.1) is 0 Å². The van der Waals surface area contributed by atoms with Crippen LogP contribution in [0.25, 0.3) is 0 Å². The average molecular weight is 213 g/mol. The molecule has 0 radical (unpaired) electrons. The number of carbonyl (C=O) groups excluding carboxylic acids is 1. The van der Waals surface area contributed by atoms with Gasteiger partial charge in [0.1, 0.15) is 6.54 Å². The second-order valence-electron chi connectivity index (χ2n) is 4.14. The summed E-state index contributed by atoms with van der Waals surface area (Å²) in [6.45, 7) is 2.12. The maximum atomic E-state index is 11.6. The van der Waals surface area contributed by atoms with Crippen LogP contribution >= 0.6 is 0 Å². The molecule has 0 aromatic heterocycles. The first-order valence-electron chi connectivity index (χ1n) is 5.63. The maximum absolute atomic E-state index is 11.6. The van der Waals surface area contributed by atoms with Crippen LogP contribution in [0, 0.1) is 5.92 Å². The summed E-state index contributed by atoms with van der Waals surface area (Å²) < 4.78 is 0. The van der Waals surface area contributed by atoms with Gasteiger partial charge in [-0.3, -0.25) is 9.59 Å². The van der Waals surface area contributed by atoms with E-state index < -0.39 is 5.97 Å². The molecular weight excluding hydrogens is 194 g/mol. The maximum Gasteiger partial charge on any atom is 0.323 e. The number of rotatable bonds is 6. The van der Waals surface area contributed by atoms with Crippen LogP contribution in [0.15, 0.2) is 0 Å². The van der Waals surface area contributed by atoms with E-state index in [0.717, 1.165) is 6.42 Å². The monoisotopic (exact) mass is 213 g/mol. The fraction of sp³-hybridized carbons (Fsp3) is 0.818. The predicted octanol–water partition coefficient (Wildman–Crippen LogP) is 1.50. The van der Waals surface area contributed by atoms with E-state index in [0.29, 0.717) is 18.9 Å². The number of hydrogen-bond acceptors (Lipinski definition) is 2. The number of hydrogen-bond donors (Lipinski definition) is 1. The summed E-state index contributed by atoms with van der Waals surface area (Å²) in [5, 5.41) is 8.60. The molecule has 0 atom stereocenters. The normalized spacial score (nSPS) is 15.8. The van der Waals surface area contributed by atoms with Gasteiger partial charge in [0.05, 0.1) is 0 Å². The summed E-state index contributed by atoms with van der Waals surface area (Å²) in [4.78, 5) is 23.5. The van der Waals surface area contributed by atoms with E-state index in [2.05, 4.69) is 0 Å². The first-order valence-corrected chi connectivity index (χ1v) is 5.63. The number of nitrogens with zero attached hydrogens (tertiary/aromatic N) is 1. The summed E-state index contributed by atoms with van der Waals surface area (Å²) in [5.74, 6) is -0.252. The quantitative estimate of drug-likeness (QED) is 0.727. The highest BCUT2D eigenvalue weighted by atomic mass is 16.4. The number of carboxylic acid groups (broad SMARTS) is 1. The Morgan fingerprint density at radius 2 is 2.07 bits per heavy atom. The standard InChI is InChI=1S/C11H19NO3/c1-2-12(8-11(14)15)10(13)7-6-9-4-3-5-9/h9H,2-8H2,1H3,(H,14,15). The lowest BCUT2D eigenvalue weighted by molar-refractivity contribution is -0.144. The van der Waals surface area contributed by atoms with Crippen molar-refractivity contribution in [1.29, 1.82) is 0 Å². The number of aliphatic carboxylic acids is 1. The first-order chi connectivity index (χ1) is 7.13. The topological polar surface area (TPSA) is 57.6 Å². The zero-order valence-electron chi connectivity index (χ0n) is 9.24. The van der Waals surface area contributed by atoms with Gasteiger partial charge < -0.3 is 10.0 Å². The lowest BCUT2D eigenvalue weighted by atomic mass is 9.82. The minimum Gasteiger partial charge on any atom is -0.480 e. The van der Waals surface area contributed by atoms with Gasteiger partial charge in [-0.05, 0) is 19.3 Å². The van der Waals surface area contributed by atoms with Crippen LogP contribution in [-0.2, 0) is 9.59 Å². The van der Waals surface area contributed by atoms with Crippen molar-refractivity contribution in [1.82, 2.24) is 4.90 Å². The first kappa shape index (κ1) is 12.0. The van der Waals surface area contributed by atoms with E-state index in [1.807, 2.05) is 6.92 Å². The number of amides is 1. The molecule has 1 rings (SSSR count). The molecule has 1 amide bonds. The van der Waals surface area contributed by atoms with E-state index in [-0.39, 0.29) is 12.5 Å². The molecule has 86 valence electrons. The van der Waals surface area contributed by atoms with Crippen LogP contribution in [0.3, 0.4) is 0 Å². The Bertz CT molecular complexity index is 236. The molecule has 4 heteroatoms. The van der Waals surface area contributed by atoms with Crippen molar-refractivity contribution < 1.29 is 14.7 Å². The van der Waals surface area contributed by atoms with Crippen LogP contribution < -0.4 is 0 Å². The zero-order valence-corrected chi connectivity index (χ0v) is 9.24. The average Bonchev–Trinajstić information content (AvgIpc) is 2.11. The third-order valence-corrected chi connectivity index (χ3v) is 3.05. The zero-order chi connectivity index (χ0) is 11.3. The van der Waals surface area contributed by atoms with Gasteiger partial charge in [0.2, 0.25) is 5.91 Å². The lowest BCUT2D eigenvalue weighted by Crippen LogP contribution is -2.35. The van der Waals surface area contributed by atoms with Crippen molar-refractivity contribution in [2.75, 3.05) is 13.1 Å². The van der Waals surface area contributed by atoms with Gasteiger partial charge in [0.15, 0.2) is 0 Å². The second kappa shape index (κ2) is 5.73. The van der Waals surface area contributed by atoms with Gasteiger partial charge in [-0.2, -0.15) is 0 Å². The molecule has 0 aromatic carbocycles. The number of carbonyl (C=O) groups is 2. The smallest absolute Gasteiger partial charge is 0.323 e. The van der Waals surface area contributed by atoms with Crippen LogP contribution in [0.2, 0.25) is 0 Å². The molecule has 0 unspecified atom stereocenters. The molecule has 15 heavy (non-hydrogen) atoms. The molecule has 0 saturated heterocycles. The van der Waals surface area contributed by atoms with Crippen molar-refractivity contribution in [2.24, 2.45) is 5.92 Å². The van der Waals surface area contributed by atoms with Crippen LogP contribution in [0.5, 0.6) is 0 Å². The number of carboxylic acids is 1. The highest BCUT2D eigenvalue weighted by Gasteiger charge is 2.20. The Morgan fingerprint density at radius 3 is 2.47 bits per heavy atom. The van der Waals surface area contributed by atoms with E-state index in [1.165, 1.54) is 24.2 Å². The highest BCUT2D eigenvalue weighted by molar-refractivity contribution is 5.81. The summed E-state index contributed by atoms with van der Waals surface area (Å²) >= 11 is 0. The van der Waals surface area contributed by atoms with Gasteiger partial charge >= 0.3 is 5.97 Å². The SMILES string of the molecule is CCN(CC(=O)O)C(=O)CCC1CCC1. The van der Waals surface area contributed by atoms with Crippen LogP contribution in [-0.4, -0.2) is 35.0 Å². The fourth-order valence-electron chi connectivity index (χ4n) is 1.81. The Labute approximate surface area is 90.3 Å². The van der Waals surface area contributed by atoms with Gasteiger partial charge in [0.25, 0.3) is 0 Å². The van der Waals surface area contributed by atoms with E-state index in [4.69, 9.17) is 5.11 Å². The predicted molar refractivity (Wildman–Crippen MR) is 56.5 cm³/mol. The Morgan fingerprint density at radius 1 is 1.40 bits per heavy atom. The van der Waals surface area contributed by atoms with E-state index in [1.54, 1.807) is 0 Å². The molecule has 0 aromatic rings. The molecule has 0 heterocycles. The lowest BCUT2D eigenvalue weighted by Gasteiger charge is -2.26. The molecule has 1 saturated carbocycles. The van der Waals surface area contributed by atoms with Crippen molar-refractivity contribution in [3.8, 4) is 0 Å². The second-order valence-corrected chi connectivity index (χ2v) is 4.14. The highest BCUT2D eigenvalue weighted by Crippen LogP contribution is 2.30. The summed E-state index contributed by atoms with van der Waals surface area (Å²) in [7, 11) is 0. The molecule has 0 bridgehead atoms. The van der Waals surface area contributed by atoms with Gasteiger partial charge in [0, 0.05) is 13.0 Å². The van der Waals surface area contributed by atoms with Crippen LogP contribution in [0.1, 0.15) is 39.0 Å². The van der Waals surface area contributed by atoms with Gasteiger partial charge in [-0.1, -0.05) is 19.3 Å². The van der Waals surface area contributed by atoms with Crippen molar-refractivity contribution in [3.05, 3.63) is 0 Å². The third kappa shape index (κ3) is 3.90. The van der Waals surface area contributed by atoms with Crippen molar-refractivity contribution in [2.45, 2.75) is 39.0 Å². The van der Waals surface area contributed by atoms with Crippen LogP contribution in [0.4, 0.5) is 0 Å². The van der Waals surface area contributed by atoms with Gasteiger partial charge in [-0.25, -0.2) is 0 Å². The summed E-state index contributed by atoms with van der Waals surface area (Å²) in [5.41, 5.74) is 0. The summed E-state index contributed by atoms with van der Waals surface area (Å²) in [6.07, 6.45) is 5.18. The minimum absolute atomic E-state index is 0.0215. The molecule has 1 aliphatic carbocycles. The molecular formula is C11H19NO3. The minimum atomic E-state index is -0.936. The largest absolute Gasteiger partial charge is 0.480 e. The molecule has 1 aliphatic rings.